The zero-order valence-corrected chi connectivity index (χ0v) is 17.2. The molecule has 0 bridgehead atoms. The highest BCUT2D eigenvalue weighted by molar-refractivity contribution is 6.29. The van der Waals surface area contributed by atoms with Crippen molar-refractivity contribution in [3.05, 3.63) is 59.0 Å². The number of nitrogens with two attached hydrogens (primary N) is 1. The summed E-state index contributed by atoms with van der Waals surface area (Å²) in [6, 6.07) is 8.10. The molecule has 1 aromatic carbocycles. The van der Waals surface area contributed by atoms with Crippen LogP contribution in [0.5, 0.6) is 0 Å². The van der Waals surface area contributed by atoms with Crippen LogP contribution in [0.15, 0.2) is 36.5 Å². The third-order valence-corrected chi connectivity index (χ3v) is 5.21. The number of benzene rings is 1. The van der Waals surface area contributed by atoms with Gasteiger partial charge in [-0.05, 0) is 44.0 Å². The van der Waals surface area contributed by atoms with Gasteiger partial charge in [0.2, 0.25) is 0 Å². The molecule has 1 atom stereocenters. The minimum Gasteiger partial charge on any atom is -0.366 e. The van der Waals surface area contributed by atoms with Crippen LogP contribution in [0.1, 0.15) is 29.2 Å². The third kappa shape index (κ3) is 4.29. The largest absolute Gasteiger partial charge is 0.366 e. The lowest BCUT2D eigenvalue weighted by molar-refractivity contribution is 0.101. The number of nitrogens with zero attached hydrogens (tertiary/aromatic N) is 3. The van der Waals surface area contributed by atoms with Gasteiger partial charge in [-0.2, -0.15) is 0 Å². The molecule has 0 spiro atoms. The van der Waals surface area contributed by atoms with Crippen LogP contribution in [0.25, 0.3) is 11.3 Å². The zero-order chi connectivity index (χ0) is 21.3. The van der Waals surface area contributed by atoms with E-state index in [-0.39, 0.29) is 11.9 Å². The Hall–Kier alpha value is -2.97. The molecule has 1 aliphatic rings. The molecule has 0 saturated carbocycles. The number of H-pyrrole nitrogens is 1. The topological polar surface area (TPSA) is 99.9 Å². The van der Waals surface area contributed by atoms with Crippen LogP contribution in [-0.4, -0.2) is 40.0 Å². The number of anilines is 2. The van der Waals surface area contributed by atoms with E-state index in [1.54, 1.807) is 24.4 Å². The number of nitrogens with one attached hydrogen (secondary N) is 2. The number of aromatic nitrogens is 3. The standard InChI is InChI=1S/C21H22ClFN6O/c1-12-8-13(9-18(22)26-12)17-10-25-20(27-17)21(30)28-16-6-2-5-15(23)19(16)29-7-3-4-14(24)11-29/h2,5-6,8-10,14H,3-4,7,11,24H2,1H3,(H,25,27)(H,28,30)/t14-/m1/s1. The summed E-state index contributed by atoms with van der Waals surface area (Å²) < 4.78 is 14.6. The highest BCUT2D eigenvalue weighted by atomic mass is 35.5. The first-order valence-electron chi connectivity index (χ1n) is 9.71. The lowest BCUT2D eigenvalue weighted by atomic mass is 10.1. The molecular weight excluding hydrogens is 407 g/mol. The van der Waals surface area contributed by atoms with E-state index in [9.17, 15) is 9.18 Å². The maximum absolute atomic E-state index is 14.6. The van der Waals surface area contributed by atoms with E-state index in [0.717, 1.165) is 24.1 Å². The summed E-state index contributed by atoms with van der Waals surface area (Å²) in [5.74, 6) is -0.753. The van der Waals surface area contributed by atoms with E-state index >= 15 is 0 Å². The van der Waals surface area contributed by atoms with Crippen molar-refractivity contribution < 1.29 is 9.18 Å². The molecule has 156 valence electrons. The average molecular weight is 429 g/mol. The van der Waals surface area contributed by atoms with Crippen molar-refractivity contribution in [2.75, 3.05) is 23.3 Å². The second-order valence-corrected chi connectivity index (χ2v) is 7.78. The smallest absolute Gasteiger partial charge is 0.291 e. The Balaban J connectivity index is 1.58. The molecule has 1 aliphatic heterocycles. The van der Waals surface area contributed by atoms with Gasteiger partial charge in [-0.15, -0.1) is 0 Å². The Kier molecular flexibility index (Phi) is 5.69. The summed E-state index contributed by atoms with van der Waals surface area (Å²) in [7, 11) is 0. The number of carbonyl (C=O) groups is 1. The maximum Gasteiger partial charge on any atom is 0.291 e. The molecule has 0 unspecified atom stereocenters. The quantitative estimate of drug-likeness (QED) is 0.549. The number of para-hydroxylation sites is 1. The average Bonchev–Trinajstić information content (AvgIpc) is 3.18. The summed E-state index contributed by atoms with van der Waals surface area (Å²) >= 11 is 6.02. The van der Waals surface area contributed by atoms with E-state index in [4.69, 9.17) is 17.3 Å². The first kappa shape index (κ1) is 20.3. The Bertz CT molecular complexity index is 1060. The molecular formula is C21H22ClFN6O. The molecule has 30 heavy (non-hydrogen) atoms. The number of hydrogen-bond donors (Lipinski definition) is 3. The predicted octanol–water partition coefficient (Wildman–Crippen LogP) is 3.75. The van der Waals surface area contributed by atoms with Crippen molar-refractivity contribution in [1.29, 1.82) is 0 Å². The summed E-state index contributed by atoms with van der Waals surface area (Å²) in [6.45, 7) is 3.05. The fourth-order valence-corrected chi connectivity index (χ4v) is 3.94. The van der Waals surface area contributed by atoms with Gasteiger partial charge in [0, 0.05) is 36.6 Å². The number of aromatic amines is 1. The van der Waals surface area contributed by atoms with E-state index < -0.39 is 11.7 Å². The number of aryl methyl sites for hydroxylation is 1. The molecule has 1 saturated heterocycles. The minimum absolute atomic E-state index is 0.0230. The third-order valence-electron chi connectivity index (χ3n) is 5.02. The van der Waals surface area contributed by atoms with Gasteiger partial charge in [0.05, 0.1) is 17.1 Å². The van der Waals surface area contributed by atoms with Crippen LogP contribution in [-0.2, 0) is 0 Å². The maximum atomic E-state index is 14.6. The molecule has 3 heterocycles. The minimum atomic E-state index is -0.466. The highest BCUT2D eigenvalue weighted by Gasteiger charge is 2.23. The first-order chi connectivity index (χ1) is 14.4. The number of imidazole rings is 1. The van der Waals surface area contributed by atoms with Gasteiger partial charge in [-0.3, -0.25) is 4.79 Å². The van der Waals surface area contributed by atoms with Gasteiger partial charge in [-0.25, -0.2) is 14.4 Å². The van der Waals surface area contributed by atoms with Gasteiger partial charge in [0.1, 0.15) is 11.0 Å². The van der Waals surface area contributed by atoms with Crippen LogP contribution in [0.4, 0.5) is 15.8 Å². The number of rotatable bonds is 4. The number of hydrogen-bond acceptors (Lipinski definition) is 5. The normalized spacial score (nSPS) is 16.5. The van der Waals surface area contributed by atoms with Gasteiger partial charge in [-0.1, -0.05) is 17.7 Å². The molecule has 0 aliphatic carbocycles. The monoisotopic (exact) mass is 428 g/mol. The molecule has 3 aromatic rings. The SMILES string of the molecule is Cc1cc(-c2c[nH]c(C(=O)Nc3cccc(F)c3N3CCC[C@@H](N)C3)n2)cc(Cl)n1. The number of pyridine rings is 1. The molecule has 7 nitrogen and oxygen atoms in total. The highest BCUT2D eigenvalue weighted by Crippen LogP contribution is 2.31. The Morgan fingerprint density at radius 2 is 2.20 bits per heavy atom. The molecule has 1 amide bonds. The number of carbonyl (C=O) groups excluding carboxylic acids is 1. The Labute approximate surface area is 178 Å². The van der Waals surface area contributed by atoms with Crippen molar-refractivity contribution in [2.45, 2.75) is 25.8 Å². The summed E-state index contributed by atoms with van der Waals surface area (Å²) in [5, 5.41) is 3.12. The molecule has 2 aromatic heterocycles. The van der Waals surface area contributed by atoms with Gasteiger partial charge >= 0.3 is 0 Å². The van der Waals surface area contributed by atoms with Crippen molar-refractivity contribution in [2.24, 2.45) is 5.73 Å². The Morgan fingerprint density at radius 3 is 2.97 bits per heavy atom. The number of halogens is 2. The van der Waals surface area contributed by atoms with Crippen LogP contribution in [0, 0.1) is 12.7 Å². The Morgan fingerprint density at radius 1 is 1.37 bits per heavy atom. The first-order valence-corrected chi connectivity index (χ1v) is 10.1. The lowest BCUT2D eigenvalue weighted by Crippen LogP contribution is -2.43. The van der Waals surface area contributed by atoms with Crippen molar-refractivity contribution in [3.63, 3.8) is 0 Å². The van der Waals surface area contributed by atoms with Gasteiger partial charge in [0.25, 0.3) is 5.91 Å². The van der Waals surface area contributed by atoms with Crippen molar-refractivity contribution in [1.82, 2.24) is 15.0 Å². The number of amides is 1. The molecule has 4 N–H and O–H groups in total. The predicted molar refractivity (Wildman–Crippen MR) is 115 cm³/mol. The fourth-order valence-electron chi connectivity index (χ4n) is 3.69. The van der Waals surface area contributed by atoms with Gasteiger partial charge < -0.3 is 20.9 Å². The zero-order valence-electron chi connectivity index (χ0n) is 16.5. The van der Waals surface area contributed by atoms with E-state index in [1.165, 1.54) is 6.07 Å². The van der Waals surface area contributed by atoms with E-state index in [2.05, 4.69) is 20.3 Å². The fraction of sp³-hybridized carbons (Fsp3) is 0.286. The molecule has 1 fully saturated rings. The van der Waals surface area contributed by atoms with E-state index in [0.29, 0.717) is 35.3 Å². The molecule has 9 heteroatoms. The van der Waals surface area contributed by atoms with Crippen LogP contribution < -0.4 is 16.0 Å². The van der Waals surface area contributed by atoms with Crippen LogP contribution in [0.3, 0.4) is 0 Å². The molecule has 0 radical (unpaired) electrons. The van der Waals surface area contributed by atoms with Crippen molar-refractivity contribution >= 4 is 28.9 Å². The van der Waals surface area contributed by atoms with Crippen LogP contribution >= 0.6 is 11.6 Å². The van der Waals surface area contributed by atoms with Gasteiger partial charge in [0.15, 0.2) is 5.82 Å². The molecule has 4 rings (SSSR count). The number of piperidine rings is 1. The summed E-state index contributed by atoms with van der Waals surface area (Å²) in [4.78, 5) is 26.0. The lowest BCUT2D eigenvalue weighted by Gasteiger charge is -2.34. The van der Waals surface area contributed by atoms with Crippen LogP contribution in [0.2, 0.25) is 5.15 Å². The second kappa shape index (κ2) is 8.41. The summed E-state index contributed by atoms with van der Waals surface area (Å²) in [6.07, 6.45) is 3.40. The van der Waals surface area contributed by atoms with Crippen molar-refractivity contribution in [3.8, 4) is 11.3 Å². The summed E-state index contributed by atoms with van der Waals surface area (Å²) in [5.41, 5.74) is 8.85. The second-order valence-electron chi connectivity index (χ2n) is 7.39. The van der Waals surface area contributed by atoms with E-state index in [1.807, 2.05) is 17.9 Å².